The Morgan fingerprint density at radius 1 is 1.14 bits per heavy atom. The average molecular weight is 302 g/mol. The van der Waals surface area contributed by atoms with E-state index in [0.29, 0.717) is 11.6 Å². The summed E-state index contributed by atoms with van der Waals surface area (Å²) >= 11 is 0. The van der Waals surface area contributed by atoms with Gasteiger partial charge in [-0.3, -0.25) is 9.80 Å². The van der Waals surface area contributed by atoms with Crippen molar-refractivity contribution in [2.24, 2.45) is 0 Å². The van der Waals surface area contributed by atoms with Crippen molar-refractivity contribution in [3.63, 3.8) is 0 Å². The van der Waals surface area contributed by atoms with Crippen LogP contribution in [0.25, 0.3) is 0 Å². The van der Waals surface area contributed by atoms with Gasteiger partial charge in [-0.05, 0) is 56.0 Å². The summed E-state index contributed by atoms with van der Waals surface area (Å²) in [4.78, 5) is 5.40. The predicted molar refractivity (Wildman–Crippen MR) is 86.8 cm³/mol. The Hall–Kier alpha value is -1.26. The number of piperazine rings is 1. The lowest BCUT2D eigenvalue weighted by Gasteiger charge is -2.51. The van der Waals surface area contributed by atoms with E-state index in [1.165, 1.54) is 37.1 Å². The highest BCUT2D eigenvalue weighted by Crippen LogP contribution is 2.44. The summed E-state index contributed by atoms with van der Waals surface area (Å²) in [5.41, 5.74) is 3.27. The van der Waals surface area contributed by atoms with E-state index in [1.807, 2.05) is 0 Å². The first-order valence-electron chi connectivity index (χ1n) is 8.38. The first kappa shape index (κ1) is 14.3. The van der Waals surface area contributed by atoms with Gasteiger partial charge in [0.2, 0.25) is 0 Å². The first-order valence-corrected chi connectivity index (χ1v) is 8.38. The molecule has 1 aromatic carbocycles. The molecule has 3 heterocycles. The number of fused-ring (bicyclic) bond motifs is 4. The molecule has 4 nitrogen and oxygen atoms in total. The maximum Gasteiger partial charge on any atom is 0.161 e. The lowest BCUT2D eigenvalue weighted by molar-refractivity contribution is -0.00678. The van der Waals surface area contributed by atoms with Crippen LogP contribution in [0.15, 0.2) is 12.1 Å². The molecule has 1 aromatic rings. The Morgan fingerprint density at radius 3 is 2.68 bits per heavy atom. The van der Waals surface area contributed by atoms with Crippen LogP contribution in [0.4, 0.5) is 0 Å². The van der Waals surface area contributed by atoms with Crippen LogP contribution < -0.4 is 9.47 Å². The van der Waals surface area contributed by atoms with Crippen LogP contribution in [0, 0.1) is 0 Å². The Kier molecular flexibility index (Phi) is 3.35. The van der Waals surface area contributed by atoms with Gasteiger partial charge in [0, 0.05) is 31.2 Å². The quantitative estimate of drug-likeness (QED) is 0.838. The van der Waals surface area contributed by atoms with E-state index < -0.39 is 0 Å². The number of rotatable bonds is 2. The maximum absolute atomic E-state index is 5.53. The molecule has 0 N–H and O–H groups in total. The van der Waals surface area contributed by atoms with Crippen molar-refractivity contribution in [3.8, 4) is 11.5 Å². The summed E-state index contributed by atoms with van der Waals surface area (Å²) in [5, 5.41) is 0. The fourth-order valence-electron chi connectivity index (χ4n) is 4.70. The minimum Gasteiger partial charge on any atom is -0.493 e. The zero-order valence-corrected chi connectivity index (χ0v) is 13.9. The molecule has 3 aliphatic heterocycles. The van der Waals surface area contributed by atoms with Crippen LogP contribution in [0.3, 0.4) is 0 Å². The lowest BCUT2D eigenvalue weighted by atomic mass is 9.85. The van der Waals surface area contributed by atoms with Crippen LogP contribution >= 0.6 is 0 Å². The molecule has 0 amide bonds. The average Bonchev–Trinajstić information content (AvgIpc) is 2.91. The van der Waals surface area contributed by atoms with Gasteiger partial charge >= 0.3 is 0 Å². The van der Waals surface area contributed by atoms with Gasteiger partial charge in [-0.15, -0.1) is 0 Å². The fraction of sp³-hybridized carbons (Fsp3) is 0.667. The van der Waals surface area contributed by atoms with Crippen LogP contribution in [-0.4, -0.2) is 55.7 Å². The summed E-state index contributed by atoms with van der Waals surface area (Å²) in [7, 11) is 3.44. The molecule has 0 unspecified atom stereocenters. The molecule has 2 fully saturated rings. The Balaban J connectivity index is 1.71. The van der Waals surface area contributed by atoms with Gasteiger partial charge in [-0.1, -0.05) is 0 Å². The minimum absolute atomic E-state index is 0.393. The van der Waals surface area contributed by atoms with Gasteiger partial charge in [0.25, 0.3) is 0 Å². The van der Waals surface area contributed by atoms with Crippen molar-refractivity contribution in [1.29, 1.82) is 0 Å². The number of hydrogen-bond donors (Lipinski definition) is 0. The van der Waals surface area contributed by atoms with E-state index in [-0.39, 0.29) is 0 Å². The molecular weight excluding hydrogens is 276 g/mol. The largest absolute Gasteiger partial charge is 0.493 e. The highest BCUT2D eigenvalue weighted by Gasteiger charge is 2.46. The standard InChI is InChI=1S/C18H26N2O2/c1-18-6-4-7-20(18)11-15-14-10-17(22-3)16(21-2)9-13(14)5-8-19(15)12-18/h9-10,15H,4-8,11-12H2,1-3H3/t15-,18+/m1/s1. The van der Waals surface area contributed by atoms with Gasteiger partial charge in [-0.25, -0.2) is 0 Å². The van der Waals surface area contributed by atoms with Gasteiger partial charge in [0.15, 0.2) is 11.5 Å². The van der Waals surface area contributed by atoms with Gasteiger partial charge in [0.1, 0.15) is 0 Å². The number of methoxy groups -OCH3 is 2. The molecule has 0 spiro atoms. The SMILES string of the molecule is COc1cc2c(cc1OC)[C@H]1CN3CCC[C@@]3(C)CN1CC2. The molecule has 0 radical (unpaired) electrons. The number of hydrogen-bond acceptors (Lipinski definition) is 4. The molecule has 3 aliphatic rings. The normalized spacial score (nSPS) is 31.3. The van der Waals surface area contributed by atoms with Crippen molar-refractivity contribution < 1.29 is 9.47 Å². The maximum atomic E-state index is 5.53. The molecule has 4 heteroatoms. The number of ether oxygens (including phenoxy) is 2. The van der Waals surface area contributed by atoms with E-state index in [9.17, 15) is 0 Å². The fourth-order valence-corrected chi connectivity index (χ4v) is 4.70. The molecule has 22 heavy (non-hydrogen) atoms. The van der Waals surface area contributed by atoms with E-state index >= 15 is 0 Å². The highest BCUT2D eigenvalue weighted by atomic mass is 16.5. The molecule has 4 rings (SSSR count). The van der Waals surface area contributed by atoms with E-state index in [2.05, 4.69) is 28.9 Å². The third-order valence-corrected chi connectivity index (χ3v) is 5.96. The zero-order valence-electron chi connectivity index (χ0n) is 13.9. The monoisotopic (exact) mass is 302 g/mol. The summed E-state index contributed by atoms with van der Waals surface area (Å²) in [6, 6.07) is 4.90. The summed E-state index contributed by atoms with van der Waals surface area (Å²) in [6.45, 7) is 7.21. The van der Waals surface area contributed by atoms with Crippen molar-refractivity contribution >= 4 is 0 Å². The smallest absolute Gasteiger partial charge is 0.161 e. The van der Waals surface area contributed by atoms with E-state index in [0.717, 1.165) is 31.0 Å². The van der Waals surface area contributed by atoms with Crippen LogP contribution in [0.1, 0.15) is 36.9 Å². The zero-order chi connectivity index (χ0) is 15.3. The molecule has 0 aromatic heterocycles. The van der Waals surface area contributed by atoms with E-state index in [4.69, 9.17) is 9.47 Å². The molecule has 120 valence electrons. The second-order valence-corrected chi connectivity index (χ2v) is 7.19. The second kappa shape index (κ2) is 5.14. The molecule has 2 atom stereocenters. The van der Waals surface area contributed by atoms with Gasteiger partial charge < -0.3 is 9.47 Å². The molecule has 2 saturated heterocycles. The van der Waals surface area contributed by atoms with Crippen molar-refractivity contribution in [1.82, 2.24) is 9.80 Å². The summed E-state index contributed by atoms with van der Waals surface area (Å²) < 4.78 is 11.0. The Bertz CT molecular complexity index is 589. The minimum atomic E-state index is 0.393. The summed E-state index contributed by atoms with van der Waals surface area (Å²) in [5.74, 6) is 1.72. The predicted octanol–water partition coefficient (Wildman–Crippen LogP) is 2.47. The Morgan fingerprint density at radius 2 is 1.91 bits per heavy atom. The van der Waals surface area contributed by atoms with Gasteiger partial charge in [-0.2, -0.15) is 0 Å². The highest BCUT2D eigenvalue weighted by molar-refractivity contribution is 5.49. The summed E-state index contributed by atoms with van der Waals surface area (Å²) in [6.07, 6.45) is 3.80. The molecule has 0 aliphatic carbocycles. The first-order chi connectivity index (χ1) is 10.6. The molecule has 0 bridgehead atoms. The topological polar surface area (TPSA) is 24.9 Å². The van der Waals surface area contributed by atoms with Crippen LogP contribution in [0.5, 0.6) is 11.5 Å². The van der Waals surface area contributed by atoms with Crippen molar-refractivity contribution in [2.75, 3.05) is 40.4 Å². The lowest BCUT2D eigenvalue weighted by Crippen LogP contribution is -2.60. The van der Waals surface area contributed by atoms with Crippen LogP contribution in [0.2, 0.25) is 0 Å². The van der Waals surface area contributed by atoms with E-state index in [1.54, 1.807) is 14.2 Å². The van der Waals surface area contributed by atoms with Crippen LogP contribution in [-0.2, 0) is 6.42 Å². The third kappa shape index (κ3) is 2.04. The Labute approximate surface area is 133 Å². The second-order valence-electron chi connectivity index (χ2n) is 7.19. The molecular formula is C18H26N2O2. The van der Waals surface area contributed by atoms with Crippen molar-refractivity contribution in [2.45, 2.75) is 37.8 Å². The number of benzene rings is 1. The number of nitrogens with zero attached hydrogens (tertiary/aromatic N) is 2. The van der Waals surface area contributed by atoms with Gasteiger partial charge in [0.05, 0.1) is 14.2 Å². The third-order valence-electron chi connectivity index (χ3n) is 5.96. The van der Waals surface area contributed by atoms with Crippen molar-refractivity contribution in [3.05, 3.63) is 23.3 Å². The molecule has 0 saturated carbocycles.